The van der Waals surface area contributed by atoms with E-state index in [1.807, 2.05) is 43.3 Å². The summed E-state index contributed by atoms with van der Waals surface area (Å²) >= 11 is 0. The predicted molar refractivity (Wildman–Crippen MR) is 127 cm³/mol. The van der Waals surface area contributed by atoms with Crippen molar-refractivity contribution in [2.24, 2.45) is 7.05 Å². The minimum atomic E-state index is -2.59. The Morgan fingerprint density at radius 2 is 1.65 bits per heavy atom. The summed E-state index contributed by atoms with van der Waals surface area (Å²) in [5.74, 6) is 0. The molecule has 6 rings (SSSR count). The largest absolute Gasteiger partial charge is 0.437 e. The molecular formula is C28H23N2O+. The van der Waals surface area contributed by atoms with Gasteiger partial charge in [-0.15, -0.1) is 0 Å². The number of nitrogens with zero attached hydrogens (tertiary/aromatic N) is 2. The average Bonchev–Trinajstić information content (AvgIpc) is 3.17. The molecule has 3 heterocycles. The van der Waals surface area contributed by atoms with Gasteiger partial charge in [0.15, 0.2) is 11.8 Å². The van der Waals surface area contributed by atoms with Crippen LogP contribution >= 0.6 is 0 Å². The second-order valence-electron chi connectivity index (χ2n) is 8.07. The lowest BCUT2D eigenvalue weighted by Crippen LogP contribution is -2.31. The Bertz CT molecular complexity index is 1880. The molecule has 3 nitrogen and oxygen atoms in total. The van der Waals surface area contributed by atoms with Crippen molar-refractivity contribution < 1.29 is 17.2 Å². The van der Waals surface area contributed by atoms with Crippen molar-refractivity contribution in [1.29, 1.82) is 0 Å². The van der Waals surface area contributed by atoms with Crippen molar-refractivity contribution in [2.45, 2.75) is 20.6 Å². The first-order valence-electron chi connectivity index (χ1n) is 13.1. The van der Waals surface area contributed by atoms with Crippen molar-refractivity contribution >= 4 is 43.7 Å². The molecule has 0 spiro atoms. The summed E-state index contributed by atoms with van der Waals surface area (Å²) in [4.78, 5) is 4.82. The van der Waals surface area contributed by atoms with E-state index in [-0.39, 0.29) is 11.1 Å². The van der Waals surface area contributed by atoms with Gasteiger partial charge in [0, 0.05) is 36.0 Å². The first-order valence-corrected chi connectivity index (χ1v) is 10.1. The lowest BCUT2D eigenvalue weighted by molar-refractivity contribution is -0.660. The van der Waals surface area contributed by atoms with Crippen LogP contribution in [0, 0.1) is 20.6 Å². The third-order valence-electron chi connectivity index (χ3n) is 6.03. The molecule has 0 saturated carbocycles. The van der Waals surface area contributed by atoms with E-state index in [9.17, 15) is 0 Å². The number of aryl methyl sites for hydroxylation is 4. The quantitative estimate of drug-likeness (QED) is 0.223. The Morgan fingerprint density at radius 1 is 0.839 bits per heavy atom. The molecule has 3 aromatic carbocycles. The normalized spacial score (nSPS) is 15.5. The molecule has 0 saturated heterocycles. The zero-order valence-electron chi connectivity index (χ0n) is 23.2. The molecule has 0 radical (unpaired) electrons. The third-order valence-corrected chi connectivity index (χ3v) is 6.03. The summed E-state index contributed by atoms with van der Waals surface area (Å²) < 4.78 is 55.7. The van der Waals surface area contributed by atoms with Gasteiger partial charge < -0.3 is 4.42 Å². The first kappa shape index (κ1) is 12.9. The summed E-state index contributed by atoms with van der Waals surface area (Å²) in [7, 11) is 1.72. The highest BCUT2D eigenvalue weighted by Gasteiger charge is 2.22. The number of hydrogen-bond donors (Lipinski definition) is 0. The fourth-order valence-electron chi connectivity index (χ4n) is 4.43. The van der Waals surface area contributed by atoms with Crippen molar-refractivity contribution in [3.63, 3.8) is 0 Å². The molecule has 31 heavy (non-hydrogen) atoms. The summed E-state index contributed by atoms with van der Waals surface area (Å²) in [5.41, 5.74) is 3.64. The zero-order valence-corrected chi connectivity index (χ0v) is 17.2. The van der Waals surface area contributed by atoms with Gasteiger partial charge in [-0.05, 0) is 60.7 Å². The van der Waals surface area contributed by atoms with Crippen LogP contribution in [-0.4, -0.2) is 4.98 Å². The minimum Gasteiger partial charge on any atom is -0.437 e. The van der Waals surface area contributed by atoms with Gasteiger partial charge >= 0.3 is 0 Å². The van der Waals surface area contributed by atoms with Crippen LogP contribution < -0.4 is 4.57 Å². The van der Waals surface area contributed by atoms with Crippen LogP contribution in [0.5, 0.6) is 0 Å². The lowest BCUT2D eigenvalue weighted by Gasteiger charge is -2.07. The Labute approximate surface area is 189 Å². The standard InChI is InChI=1S/C28H23N2O/c1-16-9-10-22-23-13-21-12-19-7-5-6-8-20(19)14-24(21)29-28(23)31-27(22)26(16)25-11-17(2)18(3)15-30(25)4/h5-15H,1-4H3/q+1/i2D3,3D3. The Hall–Kier alpha value is -3.72. The highest BCUT2D eigenvalue weighted by atomic mass is 16.3. The molecule has 0 aliphatic heterocycles. The zero-order chi connectivity index (χ0) is 26.3. The number of fused-ring (bicyclic) bond motifs is 5. The summed E-state index contributed by atoms with van der Waals surface area (Å²) in [5, 5.41) is 4.92. The van der Waals surface area contributed by atoms with Crippen LogP contribution in [-0.2, 0) is 7.05 Å². The van der Waals surface area contributed by atoms with Crippen LogP contribution in [0.15, 0.2) is 71.3 Å². The van der Waals surface area contributed by atoms with Gasteiger partial charge in [-0.2, -0.15) is 0 Å². The number of rotatable bonds is 1. The molecule has 3 aromatic heterocycles. The SMILES string of the molecule is [2H]C([2H])([2H])c1cc(-c2c(C)ccc3c2oc2nc4cc5ccccc5cc4cc23)[n+](C)cc1C([2H])([2H])[2H]. The van der Waals surface area contributed by atoms with Gasteiger partial charge in [-0.1, -0.05) is 36.4 Å². The first-order chi connectivity index (χ1) is 17.4. The highest BCUT2D eigenvalue weighted by Crippen LogP contribution is 2.38. The van der Waals surface area contributed by atoms with E-state index in [0.29, 0.717) is 22.6 Å². The molecule has 6 aromatic rings. The number of furan rings is 1. The van der Waals surface area contributed by atoms with Gasteiger partial charge in [-0.3, -0.25) is 0 Å². The second-order valence-corrected chi connectivity index (χ2v) is 8.07. The number of aromatic nitrogens is 2. The molecule has 0 atom stereocenters. The third kappa shape index (κ3) is 2.66. The molecule has 0 aliphatic rings. The van der Waals surface area contributed by atoms with Crippen LogP contribution in [0.3, 0.4) is 0 Å². The molecule has 0 unspecified atom stereocenters. The number of pyridine rings is 2. The van der Waals surface area contributed by atoms with Crippen molar-refractivity contribution in [3.05, 3.63) is 83.6 Å². The second kappa shape index (κ2) is 6.39. The average molecular weight is 410 g/mol. The van der Waals surface area contributed by atoms with Gasteiger partial charge in [0.1, 0.15) is 7.05 Å². The van der Waals surface area contributed by atoms with Gasteiger partial charge in [0.25, 0.3) is 0 Å². The molecular weight excluding hydrogens is 380 g/mol. The fourth-order valence-corrected chi connectivity index (χ4v) is 4.43. The molecule has 0 aliphatic carbocycles. The van der Waals surface area contributed by atoms with Crippen molar-refractivity contribution in [2.75, 3.05) is 0 Å². The number of benzene rings is 3. The Kier molecular flexibility index (Phi) is 2.65. The van der Waals surface area contributed by atoms with E-state index >= 15 is 0 Å². The maximum absolute atomic E-state index is 8.01. The topological polar surface area (TPSA) is 29.9 Å². The van der Waals surface area contributed by atoms with Gasteiger partial charge in [0.05, 0.1) is 11.1 Å². The number of hydrogen-bond acceptors (Lipinski definition) is 2. The summed E-state index contributed by atoms with van der Waals surface area (Å²) in [6.07, 6.45) is 1.39. The predicted octanol–water partition coefficient (Wildman–Crippen LogP) is 6.70. The van der Waals surface area contributed by atoms with Gasteiger partial charge in [0.2, 0.25) is 11.4 Å². The summed E-state index contributed by atoms with van der Waals surface area (Å²) in [6.45, 7) is -3.23. The molecule has 0 fully saturated rings. The van der Waals surface area contributed by atoms with Crippen molar-refractivity contribution in [1.82, 2.24) is 4.98 Å². The molecule has 3 heteroatoms. The lowest BCUT2D eigenvalue weighted by atomic mass is 9.99. The van der Waals surface area contributed by atoms with E-state index in [1.165, 1.54) is 12.3 Å². The van der Waals surface area contributed by atoms with Crippen molar-refractivity contribution in [3.8, 4) is 11.3 Å². The minimum absolute atomic E-state index is 0.187. The van der Waals surface area contributed by atoms with Crippen LogP contribution in [0.1, 0.15) is 24.9 Å². The fraction of sp³-hybridized carbons (Fsp3) is 0.143. The van der Waals surface area contributed by atoms with E-state index in [0.717, 1.165) is 38.0 Å². The van der Waals surface area contributed by atoms with Crippen LogP contribution in [0.4, 0.5) is 0 Å². The van der Waals surface area contributed by atoms with E-state index < -0.39 is 13.7 Å². The molecule has 0 N–H and O–H groups in total. The monoisotopic (exact) mass is 409 g/mol. The Morgan fingerprint density at radius 3 is 2.45 bits per heavy atom. The molecule has 0 bridgehead atoms. The highest BCUT2D eigenvalue weighted by molar-refractivity contribution is 6.12. The summed E-state index contributed by atoms with van der Waals surface area (Å²) in [6, 6.07) is 19.7. The van der Waals surface area contributed by atoms with E-state index in [4.69, 9.17) is 17.6 Å². The van der Waals surface area contributed by atoms with Crippen LogP contribution in [0.2, 0.25) is 0 Å². The molecule has 150 valence electrons. The van der Waals surface area contributed by atoms with Gasteiger partial charge in [-0.25, -0.2) is 9.55 Å². The Balaban J connectivity index is 1.67. The smallest absolute Gasteiger partial charge is 0.227 e. The molecule has 0 amide bonds. The van der Waals surface area contributed by atoms with E-state index in [1.54, 1.807) is 11.6 Å². The maximum atomic E-state index is 8.01. The van der Waals surface area contributed by atoms with E-state index in [2.05, 4.69) is 18.2 Å². The maximum Gasteiger partial charge on any atom is 0.227 e. The van der Waals surface area contributed by atoms with Crippen LogP contribution in [0.25, 0.3) is 55.0 Å².